The lowest BCUT2D eigenvalue weighted by Gasteiger charge is -2.29. The number of anilines is 3. The van der Waals surface area contributed by atoms with Crippen molar-refractivity contribution in [3.63, 3.8) is 0 Å². The largest absolute Gasteiger partial charge is 0.310 e. The summed E-state index contributed by atoms with van der Waals surface area (Å²) >= 11 is 0. The molecule has 0 radical (unpaired) electrons. The van der Waals surface area contributed by atoms with E-state index in [-0.39, 0.29) is 5.41 Å². The Morgan fingerprint density at radius 1 is 0.333 bits per heavy atom. The third-order valence-corrected chi connectivity index (χ3v) is 11.5. The lowest BCUT2D eigenvalue weighted by molar-refractivity contribution is 0.660. The average molecular weight is 690 g/mol. The highest BCUT2D eigenvalue weighted by atomic mass is 15.1. The molecule has 10 rings (SSSR count). The third kappa shape index (κ3) is 5.16. The Kier molecular flexibility index (Phi) is 7.56. The monoisotopic (exact) mass is 689 g/mol. The lowest BCUT2D eigenvalue weighted by atomic mass is 9.82. The van der Waals surface area contributed by atoms with Crippen LogP contribution in [-0.4, -0.2) is 0 Å². The molecule has 9 aromatic carbocycles. The van der Waals surface area contributed by atoms with Crippen LogP contribution in [0.4, 0.5) is 17.1 Å². The van der Waals surface area contributed by atoms with Gasteiger partial charge in [-0.2, -0.15) is 0 Å². The van der Waals surface area contributed by atoms with E-state index in [2.05, 4.69) is 219 Å². The normalized spacial score (nSPS) is 12.8. The Bertz CT molecular complexity index is 2860. The maximum atomic E-state index is 2.47. The highest BCUT2D eigenvalue weighted by Gasteiger charge is 2.35. The summed E-state index contributed by atoms with van der Waals surface area (Å²) in [7, 11) is 0. The first-order valence-corrected chi connectivity index (χ1v) is 18.9. The maximum Gasteiger partial charge on any atom is 0.0540 e. The van der Waals surface area contributed by atoms with Gasteiger partial charge in [-0.15, -0.1) is 0 Å². The number of rotatable bonds is 6. The van der Waals surface area contributed by atoms with Crippen LogP contribution in [-0.2, 0) is 5.41 Å². The second kappa shape index (κ2) is 12.8. The van der Waals surface area contributed by atoms with Gasteiger partial charge in [0, 0.05) is 22.2 Å². The van der Waals surface area contributed by atoms with Crippen LogP contribution in [0.1, 0.15) is 25.0 Å². The van der Waals surface area contributed by atoms with Crippen LogP contribution in [0.5, 0.6) is 0 Å². The summed E-state index contributed by atoms with van der Waals surface area (Å²) < 4.78 is 0. The predicted molar refractivity (Wildman–Crippen MR) is 230 cm³/mol. The minimum Gasteiger partial charge on any atom is -0.310 e. The molecule has 0 bridgehead atoms. The molecule has 0 fully saturated rings. The first kappa shape index (κ1) is 32.0. The maximum absolute atomic E-state index is 2.47. The minimum absolute atomic E-state index is 0.0663. The van der Waals surface area contributed by atoms with Crippen molar-refractivity contribution in [2.45, 2.75) is 19.3 Å². The molecule has 1 nitrogen and oxygen atoms in total. The highest BCUT2D eigenvalue weighted by Crippen LogP contribution is 2.51. The van der Waals surface area contributed by atoms with E-state index in [1.807, 2.05) is 0 Å². The molecule has 1 heteroatoms. The molecule has 9 aromatic rings. The van der Waals surface area contributed by atoms with Crippen LogP contribution in [0.15, 0.2) is 200 Å². The van der Waals surface area contributed by atoms with Gasteiger partial charge in [-0.1, -0.05) is 184 Å². The Morgan fingerprint density at radius 2 is 0.889 bits per heavy atom. The van der Waals surface area contributed by atoms with Crippen molar-refractivity contribution in [1.29, 1.82) is 0 Å². The molecule has 256 valence electrons. The van der Waals surface area contributed by atoms with Crippen molar-refractivity contribution in [2.24, 2.45) is 0 Å². The van der Waals surface area contributed by atoms with Gasteiger partial charge in [-0.25, -0.2) is 0 Å². The first-order valence-electron chi connectivity index (χ1n) is 18.9. The summed E-state index contributed by atoms with van der Waals surface area (Å²) in [6.07, 6.45) is 0. The van der Waals surface area contributed by atoms with Gasteiger partial charge in [0.15, 0.2) is 0 Å². The molecule has 0 aromatic heterocycles. The molecule has 0 atom stereocenters. The standard InChI is InChI=1S/C53H39N/c1-53(2)50-29-13-12-26-47(50)49-35-40(30-32-51(49)53)54(39-21-14-20-38(34-39)43-24-9-8-22-41(43)36-16-4-3-5-17-36)52-33-31-46(45-25-10-11-27-48(45)52)44-28-15-19-37-18-6-7-23-42(37)44/h3-35H,1-2H3. The molecule has 0 saturated carbocycles. The summed E-state index contributed by atoms with van der Waals surface area (Å²) in [6, 6.07) is 73.4. The highest BCUT2D eigenvalue weighted by molar-refractivity contribution is 6.10. The summed E-state index contributed by atoms with van der Waals surface area (Å²) in [5.41, 5.74) is 16.0. The van der Waals surface area contributed by atoms with Gasteiger partial charge in [-0.3, -0.25) is 0 Å². The van der Waals surface area contributed by atoms with Crippen LogP contribution >= 0.6 is 0 Å². The predicted octanol–water partition coefficient (Wildman–Crippen LogP) is 14.8. The molecular weight excluding hydrogens is 651 g/mol. The van der Waals surface area contributed by atoms with Crippen molar-refractivity contribution < 1.29 is 0 Å². The Hall–Kier alpha value is -6.70. The van der Waals surface area contributed by atoms with Gasteiger partial charge in [0.2, 0.25) is 0 Å². The Morgan fingerprint density at radius 3 is 1.72 bits per heavy atom. The van der Waals surface area contributed by atoms with E-state index in [1.165, 1.54) is 77.2 Å². The molecule has 54 heavy (non-hydrogen) atoms. The quantitative estimate of drug-likeness (QED) is 0.168. The van der Waals surface area contributed by atoms with Gasteiger partial charge in [-0.05, 0) is 102 Å². The number of benzene rings is 9. The second-order valence-electron chi connectivity index (χ2n) is 14.9. The smallest absolute Gasteiger partial charge is 0.0540 e. The zero-order valence-electron chi connectivity index (χ0n) is 30.5. The molecule has 0 unspecified atom stereocenters. The summed E-state index contributed by atoms with van der Waals surface area (Å²) in [6.45, 7) is 4.70. The number of fused-ring (bicyclic) bond motifs is 5. The van der Waals surface area contributed by atoms with Crippen LogP contribution in [0.2, 0.25) is 0 Å². The van der Waals surface area contributed by atoms with E-state index in [0.29, 0.717) is 0 Å². The van der Waals surface area contributed by atoms with E-state index in [1.54, 1.807) is 0 Å². The van der Waals surface area contributed by atoms with E-state index in [0.717, 1.165) is 17.1 Å². The molecule has 0 N–H and O–H groups in total. The summed E-state index contributed by atoms with van der Waals surface area (Å²) in [5, 5.41) is 4.95. The Labute approximate surface area is 317 Å². The van der Waals surface area contributed by atoms with Crippen molar-refractivity contribution in [3.05, 3.63) is 211 Å². The van der Waals surface area contributed by atoms with E-state index < -0.39 is 0 Å². The van der Waals surface area contributed by atoms with Crippen molar-refractivity contribution in [2.75, 3.05) is 4.90 Å². The molecular formula is C53H39N. The SMILES string of the molecule is CC1(C)c2ccccc2-c2cc(N(c3cccc(-c4ccccc4-c4ccccc4)c3)c3ccc(-c4cccc5ccccc45)c4ccccc34)ccc21. The van der Waals surface area contributed by atoms with Crippen molar-refractivity contribution in [3.8, 4) is 44.5 Å². The fourth-order valence-corrected chi connectivity index (χ4v) is 8.86. The van der Waals surface area contributed by atoms with Gasteiger partial charge in [0.1, 0.15) is 0 Å². The summed E-state index contributed by atoms with van der Waals surface area (Å²) in [5.74, 6) is 0. The molecule has 0 amide bonds. The van der Waals surface area contributed by atoms with Crippen LogP contribution < -0.4 is 4.90 Å². The van der Waals surface area contributed by atoms with E-state index in [9.17, 15) is 0 Å². The topological polar surface area (TPSA) is 3.24 Å². The molecule has 0 heterocycles. The fourth-order valence-electron chi connectivity index (χ4n) is 8.86. The average Bonchev–Trinajstić information content (AvgIpc) is 3.46. The number of hydrogen-bond acceptors (Lipinski definition) is 1. The number of nitrogens with zero attached hydrogens (tertiary/aromatic N) is 1. The zero-order chi connectivity index (χ0) is 36.2. The van der Waals surface area contributed by atoms with Crippen molar-refractivity contribution in [1.82, 2.24) is 0 Å². The number of hydrogen-bond donors (Lipinski definition) is 0. The van der Waals surface area contributed by atoms with Crippen LogP contribution in [0, 0.1) is 0 Å². The van der Waals surface area contributed by atoms with E-state index in [4.69, 9.17) is 0 Å². The van der Waals surface area contributed by atoms with Gasteiger partial charge in [0.25, 0.3) is 0 Å². The Balaban J connectivity index is 1.21. The van der Waals surface area contributed by atoms with Gasteiger partial charge >= 0.3 is 0 Å². The van der Waals surface area contributed by atoms with Gasteiger partial charge < -0.3 is 4.90 Å². The molecule has 0 spiro atoms. The van der Waals surface area contributed by atoms with E-state index >= 15 is 0 Å². The molecule has 1 aliphatic rings. The molecule has 0 saturated heterocycles. The molecule has 0 aliphatic heterocycles. The fraction of sp³-hybridized carbons (Fsp3) is 0.0566. The van der Waals surface area contributed by atoms with Crippen LogP contribution in [0.25, 0.3) is 66.1 Å². The van der Waals surface area contributed by atoms with Gasteiger partial charge in [0.05, 0.1) is 5.69 Å². The third-order valence-electron chi connectivity index (χ3n) is 11.5. The van der Waals surface area contributed by atoms with Crippen molar-refractivity contribution >= 4 is 38.6 Å². The molecule has 1 aliphatic carbocycles. The van der Waals surface area contributed by atoms with Crippen LogP contribution in [0.3, 0.4) is 0 Å². The summed E-state index contributed by atoms with van der Waals surface area (Å²) in [4.78, 5) is 2.47. The zero-order valence-corrected chi connectivity index (χ0v) is 30.5. The minimum atomic E-state index is -0.0663. The first-order chi connectivity index (χ1) is 26.6. The second-order valence-corrected chi connectivity index (χ2v) is 14.9. The lowest BCUT2D eigenvalue weighted by Crippen LogP contribution is -2.15.